The minimum atomic E-state index is -1.29. The Morgan fingerprint density at radius 2 is 2.26 bits per heavy atom. The first-order chi connectivity index (χ1) is 10.8. The van der Waals surface area contributed by atoms with Crippen LogP contribution < -0.4 is 5.32 Å². The topological polar surface area (TPSA) is 110 Å². The molecule has 8 nitrogen and oxygen atoms in total. The first-order valence-electron chi connectivity index (χ1n) is 6.79. The summed E-state index contributed by atoms with van der Waals surface area (Å²) in [5, 5.41) is 16.7. The molecule has 0 aromatic carbocycles. The first kappa shape index (κ1) is 18.6. The number of carboxylic acids is 1. The maximum atomic E-state index is 11.8. The van der Waals surface area contributed by atoms with Crippen LogP contribution in [0.5, 0.6) is 0 Å². The minimum absolute atomic E-state index is 0.0739. The lowest BCUT2D eigenvalue weighted by Gasteiger charge is -2.22. The number of hydrogen-bond acceptors (Lipinski definition) is 7. The van der Waals surface area contributed by atoms with E-state index in [1.807, 2.05) is 6.92 Å². The average Bonchev–Trinajstić information content (AvgIpc) is 2.90. The van der Waals surface area contributed by atoms with Crippen LogP contribution in [0.15, 0.2) is 23.2 Å². The molecule has 1 aromatic rings. The number of aromatic nitrogens is 1. The molecule has 1 rings (SSSR count). The van der Waals surface area contributed by atoms with Crippen molar-refractivity contribution >= 4 is 34.2 Å². The molecule has 0 atom stereocenters. The van der Waals surface area contributed by atoms with E-state index in [1.54, 1.807) is 13.8 Å². The van der Waals surface area contributed by atoms with Crippen molar-refractivity contribution in [3.63, 3.8) is 0 Å². The van der Waals surface area contributed by atoms with Gasteiger partial charge >= 0.3 is 12.1 Å². The highest BCUT2D eigenvalue weighted by Crippen LogP contribution is 2.19. The number of nitrogens with one attached hydrogen (secondary N) is 1. The first-order valence-corrected chi connectivity index (χ1v) is 7.67. The number of rotatable bonds is 8. The number of aliphatic carboxylic acids is 1. The minimum Gasteiger partial charge on any atom is -0.476 e. The Kier molecular flexibility index (Phi) is 6.70. The van der Waals surface area contributed by atoms with Crippen LogP contribution in [0.4, 0.5) is 9.93 Å². The number of carbonyl (C=O) groups excluding carboxylic acids is 1. The maximum Gasteiger partial charge on any atom is 0.413 e. The fourth-order valence-corrected chi connectivity index (χ4v) is 1.91. The van der Waals surface area contributed by atoms with Crippen LogP contribution in [0, 0.1) is 0 Å². The summed E-state index contributed by atoms with van der Waals surface area (Å²) in [6, 6.07) is 0. The fourth-order valence-electron chi connectivity index (χ4n) is 1.23. The van der Waals surface area contributed by atoms with Crippen LogP contribution in [0.3, 0.4) is 0 Å². The molecule has 0 aliphatic rings. The van der Waals surface area contributed by atoms with Crippen molar-refractivity contribution in [1.82, 2.24) is 4.98 Å². The van der Waals surface area contributed by atoms with Gasteiger partial charge in [0, 0.05) is 5.38 Å². The summed E-state index contributed by atoms with van der Waals surface area (Å²) >= 11 is 1.05. The lowest BCUT2D eigenvalue weighted by molar-refractivity contribution is -0.129. The number of carbonyl (C=O) groups is 2. The third kappa shape index (κ3) is 6.07. The van der Waals surface area contributed by atoms with Crippen LogP contribution in [0.1, 0.15) is 32.9 Å². The number of ether oxygens (including phenoxy) is 1. The SMILES string of the molecule is C=CCON=C(C(=O)O)c1csc(NC(=O)OC(C)(C)CC)n1. The zero-order valence-electron chi connectivity index (χ0n) is 13.2. The average molecular weight is 341 g/mol. The summed E-state index contributed by atoms with van der Waals surface area (Å²) < 4.78 is 5.22. The van der Waals surface area contributed by atoms with E-state index in [0.717, 1.165) is 11.3 Å². The number of oxime groups is 1. The summed E-state index contributed by atoms with van der Waals surface area (Å²) in [6.07, 6.45) is 1.43. The van der Waals surface area contributed by atoms with Gasteiger partial charge in [0.2, 0.25) is 5.71 Å². The highest BCUT2D eigenvalue weighted by atomic mass is 32.1. The molecule has 2 N–H and O–H groups in total. The van der Waals surface area contributed by atoms with Crippen molar-refractivity contribution in [1.29, 1.82) is 0 Å². The molecule has 126 valence electrons. The molecular formula is C14H19N3O5S. The van der Waals surface area contributed by atoms with Crippen molar-refractivity contribution in [3.8, 4) is 0 Å². The lowest BCUT2D eigenvalue weighted by atomic mass is 10.1. The van der Waals surface area contributed by atoms with E-state index in [4.69, 9.17) is 14.7 Å². The van der Waals surface area contributed by atoms with Gasteiger partial charge in [-0.15, -0.1) is 11.3 Å². The smallest absolute Gasteiger partial charge is 0.413 e. The van der Waals surface area contributed by atoms with Gasteiger partial charge < -0.3 is 14.7 Å². The highest BCUT2D eigenvalue weighted by Gasteiger charge is 2.22. The standard InChI is InChI=1S/C14H19N3O5S/c1-5-7-21-17-10(11(18)19)9-8-23-12(15-9)16-13(20)22-14(3,4)6-2/h5,8H,1,6-7H2,2-4H3,(H,18,19)(H,15,16,20). The fraction of sp³-hybridized carbons (Fsp3) is 0.429. The molecule has 0 aliphatic carbocycles. The van der Waals surface area contributed by atoms with Gasteiger partial charge in [0.25, 0.3) is 0 Å². The molecule has 0 spiro atoms. The Bertz CT molecular complexity index is 609. The molecule has 1 aromatic heterocycles. The Balaban J connectivity index is 2.79. The van der Waals surface area contributed by atoms with Crippen LogP contribution in [-0.2, 0) is 14.4 Å². The van der Waals surface area contributed by atoms with Gasteiger partial charge in [-0.1, -0.05) is 24.7 Å². The second-order valence-corrected chi connectivity index (χ2v) is 5.85. The van der Waals surface area contributed by atoms with Gasteiger partial charge in [-0.25, -0.2) is 14.6 Å². The predicted molar refractivity (Wildman–Crippen MR) is 86.9 cm³/mol. The zero-order chi connectivity index (χ0) is 17.5. The Hall–Kier alpha value is -2.42. The largest absolute Gasteiger partial charge is 0.476 e. The van der Waals surface area contributed by atoms with E-state index >= 15 is 0 Å². The zero-order valence-corrected chi connectivity index (χ0v) is 14.0. The molecule has 0 bridgehead atoms. The molecular weight excluding hydrogens is 322 g/mol. The number of thiazole rings is 1. The third-order valence-corrected chi connectivity index (χ3v) is 3.48. The molecule has 0 radical (unpaired) electrons. The molecule has 0 saturated heterocycles. The van der Waals surface area contributed by atoms with Gasteiger partial charge in [0.1, 0.15) is 17.9 Å². The summed E-state index contributed by atoms with van der Waals surface area (Å²) in [5.41, 5.74) is -0.883. The monoisotopic (exact) mass is 341 g/mol. The van der Waals surface area contributed by atoms with Gasteiger partial charge in [-0.05, 0) is 20.3 Å². The van der Waals surface area contributed by atoms with Gasteiger partial charge in [0.15, 0.2) is 5.13 Å². The molecule has 0 aliphatic heterocycles. The number of nitrogens with zero attached hydrogens (tertiary/aromatic N) is 2. The van der Waals surface area contributed by atoms with Crippen LogP contribution in [0.2, 0.25) is 0 Å². The number of amides is 1. The predicted octanol–water partition coefficient (Wildman–Crippen LogP) is 2.87. The second-order valence-electron chi connectivity index (χ2n) is 5.00. The lowest BCUT2D eigenvalue weighted by Crippen LogP contribution is -2.29. The third-order valence-electron chi connectivity index (χ3n) is 2.73. The molecule has 0 saturated carbocycles. The van der Waals surface area contributed by atoms with E-state index in [0.29, 0.717) is 6.42 Å². The van der Waals surface area contributed by atoms with E-state index in [9.17, 15) is 9.59 Å². The van der Waals surface area contributed by atoms with Crippen molar-refractivity contribution in [3.05, 3.63) is 23.7 Å². The van der Waals surface area contributed by atoms with E-state index in [-0.39, 0.29) is 23.1 Å². The quantitative estimate of drug-likeness (QED) is 0.325. The molecule has 0 unspecified atom stereocenters. The molecule has 0 fully saturated rings. The number of anilines is 1. The van der Waals surface area contributed by atoms with Crippen LogP contribution in [0.25, 0.3) is 0 Å². The van der Waals surface area contributed by atoms with E-state index in [2.05, 4.69) is 22.0 Å². The van der Waals surface area contributed by atoms with Crippen molar-refractivity contribution in [2.24, 2.45) is 5.16 Å². The summed E-state index contributed by atoms with van der Waals surface area (Å²) in [5.74, 6) is -1.29. The molecule has 9 heteroatoms. The van der Waals surface area contributed by atoms with Crippen molar-refractivity contribution in [2.75, 3.05) is 11.9 Å². The van der Waals surface area contributed by atoms with Crippen LogP contribution in [-0.4, -0.2) is 40.1 Å². The van der Waals surface area contributed by atoms with E-state index < -0.39 is 17.7 Å². The summed E-state index contributed by atoms with van der Waals surface area (Å²) in [7, 11) is 0. The Labute approximate surface area is 137 Å². The van der Waals surface area contributed by atoms with Gasteiger partial charge in [0.05, 0.1) is 0 Å². The number of carboxylic acid groups (broad SMARTS) is 1. The summed E-state index contributed by atoms with van der Waals surface area (Å²) in [6.45, 7) is 8.97. The molecule has 23 heavy (non-hydrogen) atoms. The van der Waals surface area contributed by atoms with E-state index in [1.165, 1.54) is 11.5 Å². The summed E-state index contributed by atoms with van der Waals surface area (Å²) in [4.78, 5) is 31.7. The maximum absolute atomic E-state index is 11.8. The van der Waals surface area contributed by atoms with Crippen molar-refractivity contribution in [2.45, 2.75) is 32.8 Å². The Morgan fingerprint density at radius 3 is 2.83 bits per heavy atom. The Morgan fingerprint density at radius 1 is 1.57 bits per heavy atom. The number of hydrogen-bond donors (Lipinski definition) is 2. The normalized spacial score (nSPS) is 11.7. The van der Waals surface area contributed by atoms with Crippen molar-refractivity contribution < 1.29 is 24.3 Å². The molecule has 1 heterocycles. The van der Waals surface area contributed by atoms with Crippen LogP contribution >= 0.6 is 11.3 Å². The molecule has 1 amide bonds. The van der Waals surface area contributed by atoms with Gasteiger partial charge in [-0.3, -0.25) is 5.32 Å². The van der Waals surface area contributed by atoms with Gasteiger partial charge in [-0.2, -0.15) is 0 Å². The second kappa shape index (κ2) is 8.28. The highest BCUT2D eigenvalue weighted by molar-refractivity contribution is 7.14.